The highest BCUT2D eigenvalue weighted by Gasteiger charge is 2.20. The van der Waals surface area contributed by atoms with Crippen molar-refractivity contribution < 1.29 is 9.84 Å². The molecule has 8 heteroatoms. The molecule has 1 aliphatic rings. The monoisotopic (exact) mass is 373 g/mol. The van der Waals surface area contributed by atoms with Gasteiger partial charge in [0.05, 0.1) is 18.0 Å². The predicted molar refractivity (Wildman–Crippen MR) is 104 cm³/mol. The molecule has 1 unspecified atom stereocenters. The second-order valence-electron chi connectivity index (χ2n) is 6.86. The maximum absolute atomic E-state index is 10.3. The summed E-state index contributed by atoms with van der Waals surface area (Å²) < 4.78 is 8.02. The number of hydrogen-bond donors (Lipinski definition) is 2. The van der Waals surface area contributed by atoms with E-state index in [1.807, 2.05) is 19.2 Å². The van der Waals surface area contributed by atoms with Crippen LogP contribution in [-0.4, -0.2) is 58.1 Å². The fourth-order valence-corrected chi connectivity index (χ4v) is 4.37. The number of methoxy groups -OCH3 is 1. The molecular formula is C18H23N5O2S. The number of ether oxygens (including phenoxy) is 1. The summed E-state index contributed by atoms with van der Waals surface area (Å²) in [6.07, 6.45) is 4.25. The number of anilines is 1. The van der Waals surface area contributed by atoms with Crippen molar-refractivity contribution in [1.82, 2.24) is 19.7 Å². The number of nitrogens with zero attached hydrogens (tertiary/aromatic N) is 4. The summed E-state index contributed by atoms with van der Waals surface area (Å²) in [6, 6.07) is 4.01. The Kier molecular flexibility index (Phi) is 4.46. The fraction of sp³-hybridized carbons (Fsp3) is 0.444. The molecule has 1 aliphatic heterocycles. The van der Waals surface area contributed by atoms with Crippen LogP contribution in [-0.2, 0) is 0 Å². The lowest BCUT2D eigenvalue weighted by molar-refractivity contribution is 0.261. The number of aromatic hydroxyl groups is 1. The van der Waals surface area contributed by atoms with E-state index in [1.165, 1.54) is 6.42 Å². The Balaban J connectivity index is 1.61. The number of aromatic nitrogens is 3. The molecule has 0 aliphatic carbocycles. The van der Waals surface area contributed by atoms with Gasteiger partial charge in [-0.3, -0.25) is 0 Å². The highest BCUT2D eigenvalue weighted by molar-refractivity contribution is 7.22. The third kappa shape index (κ3) is 3.22. The average molecular weight is 373 g/mol. The molecule has 0 bridgehead atoms. The normalized spacial score (nSPS) is 18.3. The Hall–Kier alpha value is -2.32. The average Bonchev–Trinajstić information content (AvgIpc) is 3.12. The standard InChI is InChI=1S/C18H23N5O2S/c1-11-7-13(24)16(14(8-11)25-3)23-10-15-17(21-23)20-18(26-15)19-12-5-4-6-22(2)9-12/h7-8,10,12,24H,4-6,9H2,1-3H3,(H,19,20,21). The van der Waals surface area contributed by atoms with E-state index < -0.39 is 0 Å². The molecule has 7 nitrogen and oxygen atoms in total. The number of piperidine rings is 1. The lowest BCUT2D eigenvalue weighted by Gasteiger charge is -2.29. The highest BCUT2D eigenvalue weighted by Crippen LogP contribution is 2.35. The zero-order chi connectivity index (χ0) is 18.3. The van der Waals surface area contributed by atoms with Gasteiger partial charge in [0.2, 0.25) is 0 Å². The van der Waals surface area contributed by atoms with Crippen LogP contribution in [0.15, 0.2) is 18.3 Å². The van der Waals surface area contributed by atoms with Gasteiger partial charge in [-0.05, 0) is 51.1 Å². The number of fused-ring (bicyclic) bond motifs is 1. The van der Waals surface area contributed by atoms with Gasteiger partial charge in [0, 0.05) is 12.6 Å². The molecule has 0 spiro atoms. The van der Waals surface area contributed by atoms with Crippen molar-refractivity contribution in [1.29, 1.82) is 0 Å². The molecule has 1 atom stereocenters. The fourth-order valence-electron chi connectivity index (χ4n) is 3.47. The summed E-state index contributed by atoms with van der Waals surface area (Å²) in [7, 11) is 3.74. The number of hydrogen-bond acceptors (Lipinski definition) is 7. The number of rotatable bonds is 4. The molecule has 2 aromatic heterocycles. The molecule has 1 fully saturated rings. The number of aryl methyl sites for hydroxylation is 1. The van der Waals surface area contributed by atoms with Crippen molar-refractivity contribution in [2.75, 3.05) is 32.6 Å². The number of phenols is 1. The molecule has 2 N–H and O–H groups in total. The summed E-state index contributed by atoms with van der Waals surface area (Å²) in [5.41, 5.74) is 2.13. The van der Waals surface area contributed by atoms with Gasteiger partial charge >= 0.3 is 0 Å². The molecule has 3 aromatic rings. The quantitative estimate of drug-likeness (QED) is 0.732. The Bertz CT molecular complexity index is 904. The first-order valence-corrected chi connectivity index (χ1v) is 9.54. The summed E-state index contributed by atoms with van der Waals surface area (Å²) in [6.45, 7) is 4.11. The highest BCUT2D eigenvalue weighted by atomic mass is 32.1. The number of likely N-dealkylation sites (N-methyl/N-ethyl adjacent to an activating group) is 1. The number of likely N-dealkylation sites (tertiary alicyclic amines) is 1. The van der Waals surface area contributed by atoms with Crippen LogP contribution in [0.25, 0.3) is 16.0 Å². The Morgan fingerprint density at radius 3 is 2.96 bits per heavy atom. The van der Waals surface area contributed by atoms with Crippen molar-refractivity contribution >= 4 is 26.8 Å². The summed E-state index contributed by atoms with van der Waals surface area (Å²) in [5, 5.41) is 19.3. The van der Waals surface area contributed by atoms with Crippen molar-refractivity contribution in [3.63, 3.8) is 0 Å². The molecule has 1 saturated heterocycles. The first kappa shape index (κ1) is 17.1. The van der Waals surface area contributed by atoms with Crippen molar-refractivity contribution in [3.05, 3.63) is 23.9 Å². The molecule has 0 amide bonds. The van der Waals surface area contributed by atoms with Gasteiger partial charge in [-0.1, -0.05) is 11.3 Å². The van der Waals surface area contributed by atoms with E-state index in [-0.39, 0.29) is 5.75 Å². The lowest BCUT2D eigenvalue weighted by Crippen LogP contribution is -2.39. The largest absolute Gasteiger partial charge is 0.506 e. The topological polar surface area (TPSA) is 75.4 Å². The summed E-state index contributed by atoms with van der Waals surface area (Å²) >= 11 is 1.58. The van der Waals surface area contributed by atoms with E-state index in [0.29, 0.717) is 23.1 Å². The minimum absolute atomic E-state index is 0.139. The molecule has 0 radical (unpaired) electrons. The van der Waals surface area contributed by atoms with Gasteiger partial charge in [-0.15, -0.1) is 5.10 Å². The van der Waals surface area contributed by atoms with Gasteiger partial charge in [0.1, 0.15) is 17.2 Å². The van der Waals surface area contributed by atoms with Crippen LogP contribution in [0.4, 0.5) is 5.13 Å². The smallest absolute Gasteiger partial charge is 0.194 e. The van der Waals surface area contributed by atoms with Crippen molar-refractivity contribution in [3.8, 4) is 17.2 Å². The van der Waals surface area contributed by atoms with Gasteiger partial charge in [-0.25, -0.2) is 4.68 Å². The molecule has 4 rings (SSSR count). The third-order valence-electron chi connectivity index (χ3n) is 4.68. The summed E-state index contributed by atoms with van der Waals surface area (Å²) in [4.78, 5) is 6.96. The molecular weight excluding hydrogens is 350 g/mol. The minimum atomic E-state index is 0.139. The first-order valence-electron chi connectivity index (χ1n) is 8.73. The molecule has 26 heavy (non-hydrogen) atoms. The van der Waals surface area contributed by atoms with Gasteiger partial charge in [-0.2, -0.15) is 4.98 Å². The number of phenolic OH excluding ortho intramolecular Hbond substituents is 1. The van der Waals surface area contributed by atoms with Crippen LogP contribution >= 0.6 is 11.3 Å². The molecule has 0 saturated carbocycles. The van der Waals surface area contributed by atoms with Crippen LogP contribution in [0, 0.1) is 6.92 Å². The van der Waals surface area contributed by atoms with Crippen LogP contribution in [0.1, 0.15) is 18.4 Å². The number of thiazole rings is 1. The maximum Gasteiger partial charge on any atom is 0.194 e. The van der Waals surface area contributed by atoms with E-state index in [0.717, 1.165) is 34.9 Å². The van der Waals surface area contributed by atoms with E-state index in [4.69, 9.17) is 4.74 Å². The zero-order valence-electron chi connectivity index (χ0n) is 15.2. The van der Waals surface area contributed by atoms with Gasteiger partial charge in [0.15, 0.2) is 10.8 Å². The van der Waals surface area contributed by atoms with Crippen LogP contribution in [0.5, 0.6) is 11.5 Å². The zero-order valence-corrected chi connectivity index (χ0v) is 16.0. The second kappa shape index (κ2) is 6.77. The van der Waals surface area contributed by atoms with Crippen molar-refractivity contribution in [2.24, 2.45) is 0 Å². The predicted octanol–water partition coefficient (Wildman–Crippen LogP) is 3.01. The first-order chi connectivity index (χ1) is 12.5. The Morgan fingerprint density at radius 2 is 2.23 bits per heavy atom. The summed E-state index contributed by atoms with van der Waals surface area (Å²) in [5.74, 6) is 0.724. The van der Waals surface area contributed by atoms with E-state index in [1.54, 1.807) is 29.2 Å². The molecule has 1 aromatic carbocycles. The number of benzene rings is 1. The SMILES string of the molecule is COc1cc(C)cc(O)c1-n1cc2sc(NC3CCCN(C)C3)nc2n1. The maximum atomic E-state index is 10.3. The van der Waals surface area contributed by atoms with Crippen molar-refractivity contribution in [2.45, 2.75) is 25.8 Å². The van der Waals surface area contributed by atoms with Crippen LogP contribution in [0.2, 0.25) is 0 Å². The van der Waals surface area contributed by atoms with E-state index >= 15 is 0 Å². The third-order valence-corrected chi connectivity index (χ3v) is 5.59. The molecule has 138 valence electrons. The van der Waals surface area contributed by atoms with Gasteiger partial charge < -0.3 is 20.1 Å². The molecule has 3 heterocycles. The second-order valence-corrected chi connectivity index (χ2v) is 7.89. The van der Waals surface area contributed by atoms with E-state index in [9.17, 15) is 5.11 Å². The van der Waals surface area contributed by atoms with Crippen LogP contribution < -0.4 is 10.1 Å². The lowest BCUT2D eigenvalue weighted by atomic mass is 10.1. The minimum Gasteiger partial charge on any atom is -0.506 e. The number of nitrogens with one attached hydrogen (secondary N) is 1. The Labute approximate surface area is 156 Å². The van der Waals surface area contributed by atoms with Crippen LogP contribution in [0.3, 0.4) is 0 Å². The van der Waals surface area contributed by atoms with Gasteiger partial charge in [0.25, 0.3) is 0 Å². The Morgan fingerprint density at radius 1 is 1.38 bits per heavy atom. The van der Waals surface area contributed by atoms with E-state index in [2.05, 4.69) is 27.3 Å².